The molecular formula is C22H22ClN3O4S. The Labute approximate surface area is 185 Å². The maximum atomic E-state index is 13.4. The van der Waals surface area contributed by atoms with Crippen LogP contribution in [0.5, 0.6) is 5.75 Å². The van der Waals surface area contributed by atoms with Gasteiger partial charge in [-0.25, -0.2) is 8.42 Å². The Morgan fingerprint density at radius 1 is 1.16 bits per heavy atom. The molecule has 7 nitrogen and oxygen atoms in total. The van der Waals surface area contributed by atoms with Gasteiger partial charge in [-0.05, 0) is 24.6 Å². The molecule has 2 aromatic carbocycles. The number of hydrogen-bond donors (Lipinski definition) is 1. The molecule has 1 saturated heterocycles. The van der Waals surface area contributed by atoms with Crippen LogP contribution in [0.1, 0.15) is 12.8 Å². The molecule has 31 heavy (non-hydrogen) atoms. The Morgan fingerprint density at radius 3 is 2.71 bits per heavy atom. The highest BCUT2D eigenvalue weighted by molar-refractivity contribution is 7.89. The molecule has 0 bridgehead atoms. The van der Waals surface area contributed by atoms with Gasteiger partial charge in [-0.1, -0.05) is 41.9 Å². The number of ketones is 1. The molecule has 9 heteroatoms. The Balaban J connectivity index is 1.49. The van der Waals surface area contributed by atoms with Crippen LogP contribution >= 0.6 is 11.6 Å². The zero-order chi connectivity index (χ0) is 22.0. The van der Waals surface area contributed by atoms with E-state index >= 15 is 0 Å². The average molecular weight is 460 g/mol. The van der Waals surface area contributed by atoms with Crippen molar-refractivity contribution in [3.05, 3.63) is 65.9 Å². The number of Topliss-reactive ketones (excluding diaryl/α,β-unsaturated/α-hetero) is 1. The smallest absolute Gasteiger partial charge is 0.245 e. The number of benzene rings is 2. The first kappa shape index (κ1) is 21.7. The standard InChI is InChI=1S/C22H22ClN3O4S/c23-18-14-25-13-15-5-4-8-20(21(15)18)31(28,29)26-11-9-17(22(26)24)19(27)10-12-30-16-6-2-1-3-7-16/h1-8,13-14,17,22H,9-12,24H2/t17?,22-/m1/s1. The summed E-state index contributed by atoms with van der Waals surface area (Å²) in [4.78, 5) is 16.8. The third-order valence-electron chi connectivity index (χ3n) is 5.46. The van der Waals surface area contributed by atoms with Crippen LogP contribution in [0.4, 0.5) is 0 Å². The number of hydrogen-bond acceptors (Lipinski definition) is 6. The molecule has 1 aromatic heterocycles. The van der Waals surface area contributed by atoms with Crippen LogP contribution < -0.4 is 10.5 Å². The van der Waals surface area contributed by atoms with Gasteiger partial charge in [0.1, 0.15) is 11.5 Å². The summed E-state index contributed by atoms with van der Waals surface area (Å²) in [6.07, 6.45) is 2.55. The molecule has 0 amide bonds. The lowest BCUT2D eigenvalue weighted by molar-refractivity contribution is -0.123. The predicted molar refractivity (Wildman–Crippen MR) is 118 cm³/mol. The Bertz CT molecular complexity index is 1200. The minimum Gasteiger partial charge on any atom is -0.493 e. The number of pyridine rings is 1. The number of aromatic nitrogens is 1. The normalized spacial score (nSPS) is 19.5. The number of nitrogens with zero attached hydrogens (tertiary/aromatic N) is 2. The van der Waals surface area contributed by atoms with E-state index in [-0.39, 0.29) is 35.3 Å². The summed E-state index contributed by atoms with van der Waals surface area (Å²) in [7, 11) is -3.95. The molecule has 1 aliphatic rings. The number of sulfonamides is 1. The van der Waals surface area contributed by atoms with E-state index < -0.39 is 22.1 Å². The van der Waals surface area contributed by atoms with Crippen molar-refractivity contribution in [1.29, 1.82) is 0 Å². The second-order valence-electron chi connectivity index (χ2n) is 7.35. The third-order valence-corrected chi connectivity index (χ3v) is 7.69. The summed E-state index contributed by atoms with van der Waals surface area (Å²) < 4.78 is 33.6. The summed E-state index contributed by atoms with van der Waals surface area (Å²) in [6.45, 7) is 0.378. The first-order chi connectivity index (χ1) is 14.9. The third kappa shape index (κ3) is 4.29. The zero-order valence-electron chi connectivity index (χ0n) is 16.6. The fourth-order valence-corrected chi connectivity index (χ4v) is 6.02. The zero-order valence-corrected chi connectivity index (χ0v) is 18.2. The first-order valence-electron chi connectivity index (χ1n) is 9.90. The summed E-state index contributed by atoms with van der Waals surface area (Å²) in [5.41, 5.74) is 6.25. The van der Waals surface area contributed by atoms with Crippen LogP contribution in [-0.2, 0) is 14.8 Å². The fraction of sp³-hybridized carbons (Fsp3) is 0.273. The van der Waals surface area contributed by atoms with Gasteiger partial charge < -0.3 is 10.5 Å². The number of carbonyl (C=O) groups is 1. The molecular weight excluding hydrogens is 438 g/mol. The number of fused-ring (bicyclic) bond motifs is 1. The summed E-state index contributed by atoms with van der Waals surface area (Å²) in [5, 5.41) is 1.26. The van der Waals surface area contributed by atoms with Crippen molar-refractivity contribution in [2.75, 3.05) is 13.2 Å². The van der Waals surface area contributed by atoms with E-state index in [1.165, 1.54) is 16.6 Å². The van der Waals surface area contributed by atoms with Gasteiger partial charge in [-0.15, -0.1) is 0 Å². The lowest BCUT2D eigenvalue weighted by atomic mass is 9.99. The van der Waals surface area contributed by atoms with Gasteiger partial charge in [-0.2, -0.15) is 4.31 Å². The van der Waals surface area contributed by atoms with Crippen LogP contribution in [0.3, 0.4) is 0 Å². The molecule has 2 N–H and O–H groups in total. The van der Waals surface area contributed by atoms with Crippen LogP contribution in [0, 0.1) is 5.92 Å². The van der Waals surface area contributed by atoms with Crippen molar-refractivity contribution < 1.29 is 17.9 Å². The quantitative estimate of drug-likeness (QED) is 0.582. The molecule has 0 aliphatic carbocycles. The van der Waals surface area contributed by atoms with E-state index in [4.69, 9.17) is 22.1 Å². The Morgan fingerprint density at radius 2 is 1.94 bits per heavy atom. The van der Waals surface area contributed by atoms with E-state index in [9.17, 15) is 13.2 Å². The molecule has 2 heterocycles. The van der Waals surface area contributed by atoms with Crippen molar-refractivity contribution in [2.24, 2.45) is 11.7 Å². The minimum absolute atomic E-state index is 0.0633. The second kappa shape index (κ2) is 8.92. The lowest BCUT2D eigenvalue weighted by Gasteiger charge is -2.24. The van der Waals surface area contributed by atoms with Crippen LogP contribution in [0.25, 0.3) is 10.8 Å². The van der Waals surface area contributed by atoms with E-state index in [1.807, 2.05) is 30.3 Å². The second-order valence-corrected chi connectivity index (χ2v) is 9.62. The summed E-state index contributed by atoms with van der Waals surface area (Å²) in [5.74, 6) is -0.0138. The van der Waals surface area contributed by atoms with Gasteiger partial charge in [0.05, 0.1) is 22.7 Å². The van der Waals surface area contributed by atoms with Crippen LogP contribution in [-0.4, -0.2) is 42.8 Å². The SMILES string of the molecule is N[C@H]1C(C(=O)CCOc2ccccc2)CCN1S(=O)(=O)c1cccc2cncc(Cl)c12. The van der Waals surface area contributed by atoms with Crippen molar-refractivity contribution in [3.63, 3.8) is 0 Å². The van der Waals surface area contributed by atoms with Gasteiger partial charge >= 0.3 is 0 Å². The molecule has 4 rings (SSSR count). The number of carbonyl (C=O) groups excluding carboxylic acids is 1. The topological polar surface area (TPSA) is 103 Å². The molecule has 1 unspecified atom stereocenters. The maximum Gasteiger partial charge on any atom is 0.245 e. The van der Waals surface area contributed by atoms with E-state index in [0.29, 0.717) is 22.9 Å². The summed E-state index contributed by atoms with van der Waals surface area (Å²) in [6, 6.07) is 14.1. The highest BCUT2D eigenvalue weighted by atomic mass is 35.5. The molecule has 0 radical (unpaired) electrons. The van der Waals surface area contributed by atoms with Crippen molar-refractivity contribution >= 4 is 38.2 Å². The fourth-order valence-electron chi connectivity index (χ4n) is 3.89. The van der Waals surface area contributed by atoms with Crippen LogP contribution in [0.2, 0.25) is 5.02 Å². The van der Waals surface area contributed by atoms with Crippen molar-refractivity contribution in [1.82, 2.24) is 9.29 Å². The lowest BCUT2D eigenvalue weighted by Crippen LogP contribution is -2.45. The van der Waals surface area contributed by atoms with E-state index in [1.54, 1.807) is 18.3 Å². The van der Waals surface area contributed by atoms with E-state index in [2.05, 4.69) is 4.98 Å². The largest absolute Gasteiger partial charge is 0.493 e. The summed E-state index contributed by atoms with van der Waals surface area (Å²) >= 11 is 6.25. The van der Waals surface area contributed by atoms with Crippen molar-refractivity contribution in [3.8, 4) is 5.75 Å². The van der Waals surface area contributed by atoms with Crippen LogP contribution in [0.15, 0.2) is 65.8 Å². The molecule has 3 aromatic rings. The van der Waals surface area contributed by atoms with Gasteiger partial charge in [0, 0.05) is 42.0 Å². The van der Waals surface area contributed by atoms with Gasteiger partial charge in [-0.3, -0.25) is 9.78 Å². The number of halogens is 1. The number of para-hydroxylation sites is 1. The molecule has 0 spiro atoms. The predicted octanol–water partition coefficient (Wildman–Crippen LogP) is 3.22. The average Bonchev–Trinajstić information content (AvgIpc) is 3.16. The van der Waals surface area contributed by atoms with Crippen molar-refractivity contribution in [2.45, 2.75) is 23.9 Å². The monoisotopic (exact) mass is 459 g/mol. The minimum atomic E-state index is -3.95. The molecule has 162 valence electrons. The maximum absolute atomic E-state index is 13.4. The molecule has 1 fully saturated rings. The number of rotatable bonds is 7. The molecule has 1 aliphatic heterocycles. The molecule has 0 saturated carbocycles. The highest BCUT2D eigenvalue weighted by Crippen LogP contribution is 2.34. The first-order valence-corrected chi connectivity index (χ1v) is 11.7. The highest BCUT2D eigenvalue weighted by Gasteiger charge is 2.43. The van der Waals surface area contributed by atoms with E-state index in [0.717, 1.165) is 0 Å². The number of ether oxygens (including phenoxy) is 1. The number of nitrogens with two attached hydrogens (primary N) is 1. The van der Waals surface area contributed by atoms with Gasteiger partial charge in [0.25, 0.3) is 0 Å². The Kier molecular flexibility index (Phi) is 6.24. The van der Waals surface area contributed by atoms with Gasteiger partial charge in [0.15, 0.2) is 0 Å². The molecule has 2 atom stereocenters. The van der Waals surface area contributed by atoms with Gasteiger partial charge in [0.2, 0.25) is 10.0 Å². The Hall–Kier alpha value is -2.52.